The van der Waals surface area contributed by atoms with Gasteiger partial charge in [0.15, 0.2) is 23.2 Å². The van der Waals surface area contributed by atoms with Crippen LogP contribution in [0.15, 0.2) is 42.3 Å². The number of anilines is 1. The second kappa shape index (κ2) is 11.4. The number of aromatic nitrogens is 2. The molecular weight excluding hydrogens is 482 g/mol. The maximum absolute atomic E-state index is 14.1. The number of para-hydroxylation sites is 1. The smallest absolute Gasteiger partial charge is 0.251 e. The molecule has 2 atom stereocenters. The molecule has 1 aromatic heterocycles. The number of carbonyl (C=O) groups excluding carboxylic acids is 2. The second-order valence-corrected chi connectivity index (χ2v) is 10.4. The number of aliphatic hydroxyl groups is 1. The monoisotopic (exact) mass is 518 g/mol. The lowest BCUT2D eigenvalue weighted by Crippen LogP contribution is -2.59. The topological polar surface area (TPSA) is 96.7 Å². The first-order valence-electron chi connectivity index (χ1n) is 12.6. The number of hydrogen-bond acceptors (Lipinski definition) is 5. The molecule has 2 unspecified atom stereocenters. The van der Waals surface area contributed by atoms with Crippen LogP contribution < -0.4 is 10.1 Å². The van der Waals surface area contributed by atoms with E-state index in [0.717, 1.165) is 37.5 Å². The van der Waals surface area contributed by atoms with Gasteiger partial charge in [-0.25, -0.2) is 8.78 Å². The van der Waals surface area contributed by atoms with Crippen molar-refractivity contribution in [2.75, 3.05) is 11.9 Å². The Morgan fingerprint density at radius 2 is 1.89 bits per heavy atom. The lowest BCUT2D eigenvalue weighted by molar-refractivity contribution is -0.142. The third kappa shape index (κ3) is 6.74. The predicted octanol–water partition coefficient (Wildman–Crippen LogP) is 4.65. The molecule has 0 bridgehead atoms. The van der Waals surface area contributed by atoms with Crippen LogP contribution in [0.3, 0.4) is 0 Å². The molecule has 2 heterocycles. The lowest BCUT2D eigenvalue weighted by Gasteiger charge is -2.42. The minimum absolute atomic E-state index is 0.0447. The van der Waals surface area contributed by atoms with Crippen LogP contribution in [0.4, 0.5) is 14.6 Å². The average Bonchev–Trinajstić information content (AvgIpc) is 3.40. The van der Waals surface area contributed by atoms with Crippen LogP contribution in [0.2, 0.25) is 0 Å². The summed E-state index contributed by atoms with van der Waals surface area (Å²) in [5, 5.41) is 17.2. The predicted molar refractivity (Wildman–Crippen MR) is 136 cm³/mol. The molecule has 0 fully saturated rings. The van der Waals surface area contributed by atoms with E-state index >= 15 is 0 Å². The van der Waals surface area contributed by atoms with E-state index in [1.54, 1.807) is 33.0 Å². The largest absolute Gasteiger partial charge is 0.453 e. The van der Waals surface area contributed by atoms with E-state index < -0.39 is 40.3 Å². The zero-order chi connectivity index (χ0) is 27.4. The van der Waals surface area contributed by atoms with Crippen molar-refractivity contribution in [3.8, 4) is 5.75 Å². The number of nitrogens with one attached hydrogen (secondary N) is 1. The van der Waals surface area contributed by atoms with Gasteiger partial charge in [0, 0.05) is 18.3 Å². The molecular formula is C27H36F2N4O4. The highest BCUT2D eigenvalue weighted by Gasteiger charge is 2.48. The van der Waals surface area contributed by atoms with Crippen molar-refractivity contribution in [2.45, 2.75) is 78.0 Å². The van der Waals surface area contributed by atoms with Crippen LogP contribution >= 0.6 is 0 Å². The van der Waals surface area contributed by atoms with Crippen molar-refractivity contribution in [3.63, 3.8) is 0 Å². The van der Waals surface area contributed by atoms with Gasteiger partial charge in [-0.2, -0.15) is 5.10 Å². The third-order valence-electron chi connectivity index (χ3n) is 6.67. The van der Waals surface area contributed by atoms with Gasteiger partial charge in [-0.3, -0.25) is 14.3 Å². The van der Waals surface area contributed by atoms with E-state index in [0.29, 0.717) is 6.42 Å². The van der Waals surface area contributed by atoms with Gasteiger partial charge >= 0.3 is 0 Å². The number of ether oxygens (including phenoxy) is 1. The Balaban J connectivity index is 1.84. The van der Waals surface area contributed by atoms with Gasteiger partial charge in [-0.05, 0) is 45.2 Å². The molecule has 0 aliphatic carbocycles. The van der Waals surface area contributed by atoms with E-state index in [9.17, 15) is 23.5 Å². The summed E-state index contributed by atoms with van der Waals surface area (Å²) in [5.41, 5.74) is -2.29. The first kappa shape index (κ1) is 28.3. The molecule has 0 saturated carbocycles. The maximum atomic E-state index is 14.1. The summed E-state index contributed by atoms with van der Waals surface area (Å²) < 4.78 is 35.2. The Morgan fingerprint density at radius 1 is 1.22 bits per heavy atom. The third-order valence-corrected chi connectivity index (χ3v) is 6.67. The minimum Gasteiger partial charge on any atom is -0.453 e. The molecule has 2 N–H and O–H groups in total. The fourth-order valence-corrected chi connectivity index (χ4v) is 4.41. The average molecular weight is 519 g/mol. The van der Waals surface area contributed by atoms with Crippen molar-refractivity contribution >= 4 is 17.6 Å². The Bertz CT molecular complexity index is 1140. The number of nitrogens with zero attached hydrogens (tertiary/aromatic N) is 3. The Hall–Kier alpha value is -3.27. The summed E-state index contributed by atoms with van der Waals surface area (Å²) in [6, 6.07) is 4.97. The van der Waals surface area contributed by atoms with Gasteiger partial charge in [0.05, 0.1) is 18.7 Å². The van der Waals surface area contributed by atoms with Crippen LogP contribution in [0.25, 0.3) is 0 Å². The van der Waals surface area contributed by atoms with Gasteiger partial charge in [-0.1, -0.05) is 39.2 Å². The molecule has 2 amide bonds. The first-order valence-corrected chi connectivity index (χ1v) is 12.6. The number of carbonyl (C=O) groups is 2. The van der Waals surface area contributed by atoms with E-state index in [2.05, 4.69) is 17.3 Å². The van der Waals surface area contributed by atoms with Crippen LogP contribution in [0.5, 0.6) is 5.75 Å². The minimum atomic E-state index is -1.31. The Kier molecular flexibility index (Phi) is 8.73. The molecule has 37 heavy (non-hydrogen) atoms. The van der Waals surface area contributed by atoms with Crippen LogP contribution in [-0.4, -0.2) is 49.3 Å². The quantitative estimate of drug-likeness (QED) is 0.399. The molecule has 1 aliphatic rings. The summed E-state index contributed by atoms with van der Waals surface area (Å²) in [5.74, 6) is -3.22. The van der Waals surface area contributed by atoms with Crippen LogP contribution in [0.1, 0.15) is 60.3 Å². The van der Waals surface area contributed by atoms with Crippen molar-refractivity contribution in [3.05, 3.63) is 53.9 Å². The fourth-order valence-electron chi connectivity index (χ4n) is 4.41. The molecule has 0 spiro atoms. The van der Waals surface area contributed by atoms with E-state index in [4.69, 9.17) is 4.74 Å². The highest BCUT2D eigenvalue weighted by Crippen LogP contribution is 2.35. The van der Waals surface area contributed by atoms with Crippen molar-refractivity contribution in [2.24, 2.45) is 5.92 Å². The van der Waals surface area contributed by atoms with Crippen molar-refractivity contribution in [1.29, 1.82) is 0 Å². The standard InChI is InChI=1S/C27H36F2N4O4/c1-6-7-8-10-18(2)27(5,25(35)30-22-13-14-32(31-22)17-26(3,4)36)33-16-19(15-23(33)34)37-24-20(28)11-9-12-21(24)29/h9,11-15,18,36H,6-8,10,16-17H2,1-5H3,(H,30,31,35). The molecule has 0 radical (unpaired) electrons. The van der Waals surface area contributed by atoms with E-state index in [1.807, 2.05) is 6.92 Å². The van der Waals surface area contributed by atoms with E-state index in [1.165, 1.54) is 15.6 Å². The number of amides is 2. The summed E-state index contributed by atoms with van der Waals surface area (Å²) >= 11 is 0. The highest BCUT2D eigenvalue weighted by molar-refractivity contribution is 6.02. The van der Waals surface area contributed by atoms with Crippen molar-refractivity contribution < 1.29 is 28.2 Å². The Morgan fingerprint density at radius 3 is 2.51 bits per heavy atom. The molecule has 8 nitrogen and oxygen atoms in total. The number of rotatable bonds is 12. The number of halogens is 2. The van der Waals surface area contributed by atoms with Crippen LogP contribution in [0, 0.1) is 17.6 Å². The van der Waals surface area contributed by atoms with Crippen LogP contribution in [-0.2, 0) is 16.1 Å². The zero-order valence-corrected chi connectivity index (χ0v) is 22.1. The highest BCUT2D eigenvalue weighted by atomic mass is 19.1. The summed E-state index contributed by atoms with van der Waals surface area (Å²) in [6.45, 7) is 9.09. The van der Waals surface area contributed by atoms with Gasteiger partial charge in [0.1, 0.15) is 11.3 Å². The lowest BCUT2D eigenvalue weighted by atomic mass is 9.80. The number of benzene rings is 1. The SMILES string of the molecule is CCCCCC(C)C(C)(C(=O)Nc1ccn(CC(C)(C)O)n1)N1CC(Oc2c(F)cccc2F)=CC1=O. The summed E-state index contributed by atoms with van der Waals surface area (Å²) in [7, 11) is 0. The fraction of sp³-hybridized carbons (Fsp3) is 0.519. The molecule has 202 valence electrons. The zero-order valence-electron chi connectivity index (χ0n) is 22.1. The first-order chi connectivity index (χ1) is 17.3. The molecule has 1 aromatic carbocycles. The van der Waals surface area contributed by atoms with Gasteiger partial charge in [-0.15, -0.1) is 0 Å². The molecule has 10 heteroatoms. The van der Waals surface area contributed by atoms with Gasteiger partial charge in [0.2, 0.25) is 0 Å². The molecule has 0 saturated heterocycles. The molecule has 3 rings (SSSR count). The maximum Gasteiger partial charge on any atom is 0.251 e. The van der Waals surface area contributed by atoms with Gasteiger partial charge < -0.3 is 20.1 Å². The normalized spacial score (nSPS) is 16.4. The van der Waals surface area contributed by atoms with Crippen molar-refractivity contribution in [1.82, 2.24) is 14.7 Å². The Labute approximate surface area is 216 Å². The summed E-state index contributed by atoms with van der Waals surface area (Å²) in [4.78, 5) is 28.2. The second-order valence-electron chi connectivity index (χ2n) is 10.4. The number of unbranched alkanes of at least 4 members (excludes halogenated alkanes) is 2. The van der Waals surface area contributed by atoms with Gasteiger partial charge in [0.25, 0.3) is 11.8 Å². The number of hydrogen-bond donors (Lipinski definition) is 2. The summed E-state index contributed by atoms with van der Waals surface area (Å²) in [6.07, 6.45) is 6.36. The molecule has 1 aliphatic heterocycles. The van der Waals surface area contributed by atoms with E-state index in [-0.39, 0.29) is 30.6 Å². The molecule has 2 aromatic rings.